The first kappa shape index (κ1) is 22.7. The number of nitrogens with zero attached hydrogens (tertiary/aromatic N) is 1. The maximum absolute atomic E-state index is 12.5. The number of esters is 1. The van der Waals surface area contributed by atoms with Gasteiger partial charge in [-0.3, -0.25) is 14.9 Å². The van der Waals surface area contributed by atoms with Gasteiger partial charge >= 0.3 is 5.97 Å². The van der Waals surface area contributed by atoms with Crippen molar-refractivity contribution < 1.29 is 28.7 Å². The summed E-state index contributed by atoms with van der Waals surface area (Å²) in [4.78, 5) is 35.4. The van der Waals surface area contributed by atoms with Crippen LogP contribution in [-0.4, -0.2) is 43.2 Å². The molecular formula is C21H24N2O7. The molecule has 160 valence electrons. The van der Waals surface area contributed by atoms with Crippen molar-refractivity contribution in [2.75, 3.05) is 20.3 Å². The fourth-order valence-electron chi connectivity index (χ4n) is 2.69. The van der Waals surface area contributed by atoms with E-state index in [0.717, 1.165) is 11.6 Å². The van der Waals surface area contributed by atoms with Gasteiger partial charge in [0.2, 0.25) is 0 Å². The third-order valence-corrected chi connectivity index (χ3v) is 4.21. The van der Waals surface area contributed by atoms with Gasteiger partial charge in [-0.1, -0.05) is 30.3 Å². The lowest BCUT2D eigenvalue weighted by molar-refractivity contribution is -0.385. The smallest absolute Gasteiger partial charge is 0.346 e. The van der Waals surface area contributed by atoms with Gasteiger partial charge in [0.15, 0.2) is 17.6 Å². The number of nitro benzene ring substituents is 1. The molecule has 0 fully saturated rings. The highest BCUT2D eigenvalue weighted by Crippen LogP contribution is 2.35. The molecule has 0 aromatic heterocycles. The molecule has 0 unspecified atom stereocenters. The lowest BCUT2D eigenvalue weighted by Gasteiger charge is -2.15. The average Bonchev–Trinajstić information content (AvgIpc) is 2.74. The normalized spacial score (nSPS) is 11.3. The van der Waals surface area contributed by atoms with Gasteiger partial charge in [0, 0.05) is 12.6 Å². The largest absolute Gasteiger partial charge is 0.493 e. The van der Waals surface area contributed by atoms with Crippen LogP contribution in [0.3, 0.4) is 0 Å². The minimum absolute atomic E-state index is 0.117. The summed E-state index contributed by atoms with van der Waals surface area (Å²) in [6.45, 7) is 3.75. The van der Waals surface area contributed by atoms with E-state index >= 15 is 0 Å². The fraction of sp³-hybridized carbons (Fsp3) is 0.333. The maximum Gasteiger partial charge on any atom is 0.346 e. The SMILES string of the molecule is CCOc1cc(C(=O)O[C@H](C)C(=O)NCCc2ccccc2)c([N+](=O)[O-])cc1OC. The van der Waals surface area contributed by atoms with E-state index in [9.17, 15) is 19.7 Å². The molecule has 1 N–H and O–H groups in total. The summed E-state index contributed by atoms with van der Waals surface area (Å²) in [5, 5.41) is 14.1. The lowest BCUT2D eigenvalue weighted by atomic mass is 10.1. The van der Waals surface area contributed by atoms with Crippen molar-refractivity contribution in [3.05, 3.63) is 63.7 Å². The molecule has 9 nitrogen and oxygen atoms in total. The van der Waals surface area contributed by atoms with Crippen LogP contribution in [0.2, 0.25) is 0 Å². The Bertz CT molecular complexity index is 900. The van der Waals surface area contributed by atoms with Gasteiger partial charge in [-0.25, -0.2) is 4.79 Å². The fourth-order valence-corrected chi connectivity index (χ4v) is 2.69. The topological polar surface area (TPSA) is 117 Å². The second-order valence-corrected chi connectivity index (χ2v) is 6.28. The molecule has 30 heavy (non-hydrogen) atoms. The van der Waals surface area contributed by atoms with E-state index in [1.807, 2.05) is 30.3 Å². The quantitative estimate of drug-likeness (QED) is 0.359. The summed E-state index contributed by atoms with van der Waals surface area (Å²) in [6.07, 6.45) is -0.514. The molecular weight excluding hydrogens is 392 g/mol. The van der Waals surface area contributed by atoms with Crippen LogP contribution in [0.15, 0.2) is 42.5 Å². The molecule has 2 aromatic rings. The third kappa shape index (κ3) is 5.94. The molecule has 2 aromatic carbocycles. The lowest BCUT2D eigenvalue weighted by Crippen LogP contribution is -2.37. The predicted octanol–water partition coefficient (Wildman–Crippen LogP) is 2.91. The number of rotatable bonds is 10. The Labute approximate surface area is 174 Å². The molecule has 0 saturated heterocycles. The predicted molar refractivity (Wildman–Crippen MR) is 109 cm³/mol. The molecule has 2 rings (SSSR count). The molecule has 0 spiro atoms. The van der Waals surface area contributed by atoms with Crippen molar-refractivity contribution >= 4 is 17.6 Å². The van der Waals surface area contributed by atoms with Crippen LogP contribution in [0.4, 0.5) is 5.69 Å². The highest BCUT2D eigenvalue weighted by molar-refractivity contribution is 5.96. The summed E-state index contributed by atoms with van der Waals surface area (Å²) >= 11 is 0. The molecule has 1 amide bonds. The highest BCUT2D eigenvalue weighted by atomic mass is 16.6. The van der Waals surface area contributed by atoms with Gasteiger partial charge in [-0.05, 0) is 25.8 Å². The molecule has 0 aliphatic rings. The summed E-state index contributed by atoms with van der Waals surface area (Å²) in [5.74, 6) is -1.22. The average molecular weight is 416 g/mol. The van der Waals surface area contributed by atoms with Crippen LogP contribution in [0.5, 0.6) is 11.5 Å². The van der Waals surface area contributed by atoms with Crippen molar-refractivity contribution in [3.8, 4) is 11.5 Å². The van der Waals surface area contributed by atoms with Gasteiger partial charge in [0.25, 0.3) is 11.6 Å². The van der Waals surface area contributed by atoms with Crippen LogP contribution in [0.1, 0.15) is 29.8 Å². The van der Waals surface area contributed by atoms with E-state index < -0.39 is 28.6 Å². The molecule has 9 heteroatoms. The number of hydrogen-bond donors (Lipinski definition) is 1. The summed E-state index contributed by atoms with van der Waals surface area (Å²) in [7, 11) is 1.33. The Hall–Kier alpha value is -3.62. The van der Waals surface area contributed by atoms with Gasteiger partial charge in [-0.2, -0.15) is 0 Å². The molecule has 0 saturated carbocycles. The summed E-state index contributed by atoms with van der Waals surface area (Å²) in [6, 6.07) is 11.9. The number of benzene rings is 2. The molecule has 0 aliphatic carbocycles. The first-order chi connectivity index (χ1) is 14.4. The highest BCUT2D eigenvalue weighted by Gasteiger charge is 2.28. The van der Waals surface area contributed by atoms with Crippen LogP contribution in [0, 0.1) is 10.1 Å². The van der Waals surface area contributed by atoms with Gasteiger partial charge in [0.05, 0.1) is 24.7 Å². The van der Waals surface area contributed by atoms with E-state index in [1.165, 1.54) is 20.1 Å². The third-order valence-electron chi connectivity index (χ3n) is 4.21. The zero-order chi connectivity index (χ0) is 22.1. The molecule has 0 heterocycles. The molecule has 1 atom stereocenters. The Kier molecular flexibility index (Phi) is 8.16. The Morgan fingerprint density at radius 1 is 1.17 bits per heavy atom. The number of ether oxygens (including phenoxy) is 3. The van der Waals surface area contributed by atoms with Crippen molar-refractivity contribution in [1.82, 2.24) is 5.32 Å². The number of carbonyl (C=O) groups excluding carboxylic acids is 2. The summed E-state index contributed by atoms with van der Waals surface area (Å²) in [5.41, 5.74) is 0.227. The number of amides is 1. The summed E-state index contributed by atoms with van der Waals surface area (Å²) < 4.78 is 15.6. The van der Waals surface area contributed by atoms with Gasteiger partial charge in [0.1, 0.15) is 5.56 Å². The zero-order valence-corrected chi connectivity index (χ0v) is 17.0. The van der Waals surface area contributed by atoms with Crippen LogP contribution < -0.4 is 14.8 Å². The first-order valence-corrected chi connectivity index (χ1v) is 9.39. The Balaban J connectivity index is 2.06. The first-order valence-electron chi connectivity index (χ1n) is 9.39. The van der Waals surface area contributed by atoms with Crippen molar-refractivity contribution in [3.63, 3.8) is 0 Å². The van der Waals surface area contributed by atoms with E-state index in [1.54, 1.807) is 6.92 Å². The van der Waals surface area contributed by atoms with E-state index in [0.29, 0.717) is 13.0 Å². The zero-order valence-electron chi connectivity index (χ0n) is 17.0. The molecule has 0 bridgehead atoms. The number of nitrogens with one attached hydrogen (secondary N) is 1. The number of nitro groups is 1. The molecule has 0 radical (unpaired) electrons. The monoisotopic (exact) mass is 416 g/mol. The van der Waals surface area contributed by atoms with Gasteiger partial charge < -0.3 is 19.5 Å². The van der Waals surface area contributed by atoms with Crippen molar-refractivity contribution in [2.45, 2.75) is 26.4 Å². The van der Waals surface area contributed by atoms with E-state index in [-0.39, 0.29) is 23.7 Å². The minimum atomic E-state index is -1.13. The maximum atomic E-state index is 12.5. The van der Waals surface area contributed by atoms with E-state index in [2.05, 4.69) is 5.32 Å². The Morgan fingerprint density at radius 2 is 1.87 bits per heavy atom. The number of methoxy groups -OCH3 is 1. The molecule has 0 aliphatic heterocycles. The number of hydrogen-bond acceptors (Lipinski definition) is 7. The second kappa shape index (κ2) is 10.8. The van der Waals surface area contributed by atoms with Crippen LogP contribution >= 0.6 is 0 Å². The number of carbonyl (C=O) groups is 2. The standard InChI is InChI=1S/C21H24N2O7/c1-4-29-19-12-16(17(23(26)27)13-18(19)28-3)21(25)30-14(2)20(24)22-11-10-15-8-6-5-7-9-15/h5-9,12-14H,4,10-11H2,1-3H3,(H,22,24)/t14-/m1/s1. The van der Waals surface area contributed by atoms with Crippen molar-refractivity contribution in [1.29, 1.82) is 0 Å². The Morgan fingerprint density at radius 3 is 2.47 bits per heavy atom. The van der Waals surface area contributed by atoms with Crippen molar-refractivity contribution in [2.24, 2.45) is 0 Å². The van der Waals surface area contributed by atoms with Crippen LogP contribution in [-0.2, 0) is 16.0 Å². The minimum Gasteiger partial charge on any atom is -0.493 e. The van der Waals surface area contributed by atoms with Gasteiger partial charge in [-0.15, -0.1) is 0 Å². The van der Waals surface area contributed by atoms with Crippen LogP contribution in [0.25, 0.3) is 0 Å². The second-order valence-electron chi connectivity index (χ2n) is 6.28. The van der Waals surface area contributed by atoms with E-state index in [4.69, 9.17) is 14.2 Å².